The molecule has 4 heteroatoms. The van der Waals surface area contributed by atoms with Crippen LogP contribution in [0.25, 0.3) is 11.1 Å². The van der Waals surface area contributed by atoms with Gasteiger partial charge in [-0.05, 0) is 28.3 Å². The lowest BCUT2D eigenvalue weighted by molar-refractivity contribution is -0.115. The summed E-state index contributed by atoms with van der Waals surface area (Å²) in [7, 11) is 0. The Kier molecular flexibility index (Phi) is 3.22. The van der Waals surface area contributed by atoms with Crippen LogP contribution >= 0.6 is 0 Å². The molecule has 0 unspecified atom stereocenters. The van der Waals surface area contributed by atoms with Crippen molar-refractivity contribution in [1.29, 1.82) is 0 Å². The molecular weight excluding hydrogens is 264 g/mol. The van der Waals surface area contributed by atoms with Gasteiger partial charge in [0.25, 0.3) is 0 Å². The first-order chi connectivity index (χ1) is 10.1. The first-order valence-corrected chi connectivity index (χ1v) is 6.85. The molecule has 2 amide bonds. The lowest BCUT2D eigenvalue weighted by atomic mass is 10.0. The second-order valence-electron chi connectivity index (χ2n) is 5.21. The van der Waals surface area contributed by atoms with E-state index < -0.39 is 0 Å². The first kappa shape index (κ1) is 13.4. The Bertz CT molecular complexity index is 750. The normalized spacial score (nSPS) is 11.5. The van der Waals surface area contributed by atoms with Gasteiger partial charge in [-0.2, -0.15) is 0 Å². The minimum atomic E-state index is -0.155. The molecule has 2 N–H and O–H groups in total. The number of carbonyl (C=O) groups is 2. The summed E-state index contributed by atoms with van der Waals surface area (Å²) in [5.74, 6) is -0.303. The minimum Gasteiger partial charge on any atom is -0.325 e. The molecule has 2 aromatic carbocycles. The Hall–Kier alpha value is -2.62. The predicted octanol–water partition coefficient (Wildman–Crippen LogP) is 3.17. The van der Waals surface area contributed by atoms with E-state index >= 15 is 0 Å². The molecule has 1 aliphatic carbocycles. The van der Waals surface area contributed by atoms with E-state index in [9.17, 15) is 9.59 Å². The quantitative estimate of drug-likeness (QED) is 0.757. The Labute approximate surface area is 123 Å². The molecule has 0 radical (unpaired) electrons. The highest BCUT2D eigenvalue weighted by Crippen LogP contribution is 2.43. The Morgan fingerprint density at radius 2 is 1.62 bits per heavy atom. The van der Waals surface area contributed by atoms with Crippen LogP contribution < -0.4 is 10.6 Å². The van der Waals surface area contributed by atoms with Crippen molar-refractivity contribution in [2.75, 3.05) is 10.6 Å². The van der Waals surface area contributed by atoms with Crippen LogP contribution in [0.2, 0.25) is 0 Å². The van der Waals surface area contributed by atoms with Gasteiger partial charge < -0.3 is 10.6 Å². The van der Waals surface area contributed by atoms with Gasteiger partial charge in [0.1, 0.15) is 0 Å². The average molecular weight is 280 g/mol. The van der Waals surface area contributed by atoms with Gasteiger partial charge in [0, 0.05) is 20.3 Å². The number of benzene rings is 2. The first-order valence-electron chi connectivity index (χ1n) is 6.85. The van der Waals surface area contributed by atoms with Crippen LogP contribution in [-0.4, -0.2) is 11.8 Å². The number of hydrogen-bond acceptors (Lipinski definition) is 2. The van der Waals surface area contributed by atoms with Gasteiger partial charge >= 0.3 is 0 Å². The third-order valence-corrected chi connectivity index (χ3v) is 3.60. The molecule has 0 saturated heterocycles. The van der Waals surface area contributed by atoms with E-state index in [0.29, 0.717) is 11.4 Å². The van der Waals surface area contributed by atoms with E-state index in [1.54, 1.807) is 0 Å². The molecule has 0 atom stereocenters. The van der Waals surface area contributed by atoms with Crippen LogP contribution in [-0.2, 0) is 16.0 Å². The van der Waals surface area contributed by atoms with E-state index in [1.165, 1.54) is 25.0 Å². The van der Waals surface area contributed by atoms with E-state index in [2.05, 4.69) is 22.8 Å². The lowest BCUT2D eigenvalue weighted by Crippen LogP contribution is -2.13. The topological polar surface area (TPSA) is 58.2 Å². The number of nitrogens with one attached hydrogen (secondary N) is 2. The summed E-state index contributed by atoms with van der Waals surface area (Å²) in [4.78, 5) is 22.8. The molecule has 2 aromatic rings. The van der Waals surface area contributed by atoms with Gasteiger partial charge in [-0.1, -0.05) is 30.3 Å². The van der Waals surface area contributed by atoms with Crippen LogP contribution in [0.3, 0.4) is 0 Å². The van der Waals surface area contributed by atoms with Crippen molar-refractivity contribution < 1.29 is 9.59 Å². The van der Waals surface area contributed by atoms with Crippen molar-refractivity contribution in [2.45, 2.75) is 20.3 Å². The highest BCUT2D eigenvalue weighted by Gasteiger charge is 2.23. The molecule has 0 bridgehead atoms. The molecule has 0 saturated carbocycles. The molecule has 21 heavy (non-hydrogen) atoms. The van der Waals surface area contributed by atoms with Crippen molar-refractivity contribution in [3.8, 4) is 11.1 Å². The molecule has 0 heterocycles. The molecular formula is C17H16N2O2. The van der Waals surface area contributed by atoms with Gasteiger partial charge in [-0.15, -0.1) is 0 Å². The maximum absolute atomic E-state index is 11.5. The zero-order chi connectivity index (χ0) is 15.0. The highest BCUT2D eigenvalue weighted by atomic mass is 16.2. The van der Waals surface area contributed by atoms with Crippen LogP contribution in [0.15, 0.2) is 36.4 Å². The van der Waals surface area contributed by atoms with Crippen LogP contribution in [0.4, 0.5) is 11.4 Å². The van der Waals surface area contributed by atoms with Gasteiger partial charge in [0.15, 0.2) is 0 Å². The number of rotatable bonds is 2. The van der Waals surface area contributed by atoms with Crippen molar-refractivity contribution in [2.24, 2.45) is 0 Å². The number of fused-ring (bicyclic) bond motifs is 3. The van der Waals surface area contributed by atoms with Crippen LogP contribution in [0.1, 0.15) is 25.0 Å². The van der Waals surface area contributed by atoms with Gasteiger partial charge in [-0.25, -0.2) is 0 Å². The SMILES string of the molecule is CC(=O)Nc1ccc2c(c1NC(C)=O)Cc1ccccc1-2. The molecule has 4 nitrogen and oxygen atoms in total. The average Bonchev–Trinajstić information content (AvgIpc) is 2.79. The summed E-state index contributed by atoms with van der Waals surface area (Å²) in [5.41, 5.74) is 5.93. The van der Waals surface area contributed by atoms with Crippen molar-refractivity contribution in [1.82, 2.24) is 0 Å². The fourth-order valence-corrected chi connectivity index (χ4v) is 2.82. The summed E-state index contributed by atoms with van der Waals surface area (Å²) in [6, 6.07) is 12.0. The fourth-order valence-electron chi connectivity index (χ4n) is 2.82. The fraction of sp³-hybridized carbons (Fsp3) is 0.176. The van der Waals surface area contributed by atoms with Gasteiger partial charge in [0.05, 0.1) is 11.4 Å². The summed E-state index contributed by atoms with van der Waals surface area (Å²) >= 11 is 0. The van der Waals surface area contributed by atoms with Gasteiger partial charge in [-0.3, -0.25) is 9.59 Å². The zero-order valence-electron chi connectivity index (χ0n) is 12.0. The highest BCUT2D eigenvalue weighted by molar-refractivity contribution is 6.02. The summed E-state index contributed by atoms with van der Waals surface area (Å²) in [5, 5.41) is 5.64. The maximum atomic E-state index is 11.5. The van der Waals surface area contributed by atoms with Crippen LogP contribution in [0, 0.1) is 0 Å². The third kappa shape index (κ3) is 2.40. The van der Waals surface area contributed by atoms with E-state index in [1.807, 2.05) is 24.3 Å². The molecule has 0 fully saturated rings. The standard InChI is InChI=1S/C17H16N2O2/c1-10(20)18-16-8-7-14-13-6-4-3-5-12(13)9-15(14)17(16)19-11(2)21/h3-8H,9H2,1-2H3,(H,18,20)(H,19,21). The number of hydrogen-bond donors (Lipinski definition) is 2. The molecule has 0 spiro atoms. The lowest BCUT2D eigenvalue weighted by Gasteiger charge is -2.15. The largest absolute Gasteiger partial charge is 0.325 e. The Morgan fingerprint density at radius 3 is 2.33 bits per heavy atom. The molecule has 106 valence electrons. The third-order valence-electron chi connectivity index (χ3n) is 3.60. The number of anilines is 2. The van der Waals surface area contributed by atoms with Crippen molar-refractivity contribution in [3.05, 3.63) is 47.5 Å². The van der Waals surface area contributed by atoms with Gasteiger partial charge in [0.2, 0.25) is 11.8 Å². The van der Waals surface area contributed by atoms with E-state index in [-0.39, 0.29) is 11.8 Å². The van der Waals surface area contributed by atoms with Crippen molar-refractivity contribution >= 4 is 23.2 Å². The molecule has 0 aliphatic heterocycles. The maximum Gasteiger partial charge on any atom is 0.221 e. The summed E-state index contributed by atoms with van der Waals surface area (Å²) in [6.07, 6.45) is 0.758. The predicted molar refractivity (Wildman–Crippen MR) is 83.3 cm³/mol. The summed E-state index contributed by atoms with van der Waals surface area (Å²) in [6.45, 7) is 2.93. The summed E-state index contributed by atoms with van der Waals surface area (Å²) < 4.78 is 0. The van der Waals surface area contributed by atoms with Crippen molar-refractivity contribution in [3.63, 3.8) is 0 Å². The zero-order valence-corrected chi connectivity index (χ0v) is 12.0. The molecule has 3 rings (SSSR count). The van der Waals surface area contributed by atoms with E-state index in [0.717, 1.165) is 17.5 Å². The molecule has 0 aromatic heterocycles. The van der Waals surface area contributed by atoms with E-state index in [4.69, 9.17) is 0 Å². The van der Waals surface area contributed by atoms with Crippen LogP contribution in [0.5, 0.6) is 0 Å². The number of amides is 2. The minimum absolute atomic E-state index is 0.147. The second kappa shape index (κ2) is 5.05. The second-order valence-corrected chi connectivity index (χ2v) is 5.21. The Morgan fingerprint density at radius 1 is 0.905 bits per heavy atom. The monoisotopic (exact) mass is 280 g/mol. The number of carbonyl (C=O) groups excluding carboxylic acids is 2. The smallest absolute Gasteiger partial charge is 0.221 e. The Balaban J connectivity index is 2.15. The molecule has 1 aliphatic rings.